The van der Waals surface area contributed by atoms with Gasteiger partial charge in [-0.25, -0.2) is 0 Å². The molecule has 4 heteroatoms. The third kappa shape index (κ3) is 16.7. The van der Waals surface area contributed by atoms with E-state index in [1.165, 1.54) is 70.6 Å². The highest BCUT2D eigenvalue weighted by Crippen LogP contribution is 2.30. The van der Waals surface area contributed by atoms with Gasteiger partial charge < -0.3 is 9.47 Å². The lowest BCUT2D eigenvalue weighted by Crippen LogP contribution is -2.41. The fourth-order valence-corrected chi connectivity index (χ4v) is 4.34. The predicted molar refractivity (Wildman–Crippen MR) is 147 cm³/mol. The van der Waals surface area contributed by atoms with Crippen molar-refractivity contribution < 1.29 is 19.1 Å². The molecule has 0 aromatic rings. The van der Waals surface area contributed by atoms with Gasteiger partial charge in [-0.1, -0.05) is 111 Å². The Balaban J connectivity index is 4.00. The third-order valence-electron chi connectivity index (χ3n) is 6.95. The van der Waals surface area contributed by atoms with Crippen molar-refractivity contribution in [3.63, 3.8) is 0 Å². The fourth-order valence-electron chi connectivity index (χ4n) is 4.34. The average molecular weight is 493 g/mol. The Hall–Kier alpha value is -1.50. The normalized spacial score (nSPS) is 11.1. The van der Waals surface area contributed by atoms with Crippen LogP contribution in [0.2, 0.25) is 0 Å². The Morgan fingerprint density at radius 2 is 0.943 bits per heavy atom. The molecular weight excluding hydrogens is 436 g/mol. The maximum Gasteiger partial charge on any atom is 0.323 e. The summed E-state index contributed by atoms with van der Waals surface area (Å²) in [7, 11) is 0. The Morgan fingerprint density at radius 1 is 0.543 bits per heavy atom. The molecule has 0 amide bonds. The molecule has 0 aromatic heterocycles. The van der Waals surface area contributed by atoms with E-state index in [4.69, 9.17) is 9.47 Å². The molecule has 0 rings (SSSR count). The second-order valence-electron chi connectivity index (χ2n) is 9.82. The number of unbranched alkanes of at least 4 members (excludes halogenated alkanes) is 15. The summed E-state index contributed by atoms with van der Waals surface area (Å²) in [6, 6.07) is 0. The van der Waals surface area contributed by atoms with Gasteiger partial charge in [0.1, 0.15) is 0 Å². The zero-order valence-corrected chi connectivity index (χ0v) is 23.7. The standard InChI is InChI=1S/C31H56O4/c1-5-9-11-13-15-17-19-21-23-25-27-34-29(32)31(7-3,8-4)30(33)35-28-26-24-22-20-18-16-14-12-10-6-2/h5-9,11,13-28H2,1-4H3. The van der Waals surface area contributed by atoms with Gasteiger partial charge in [0.15, 0.2) is 5.41 Å². The molecule has 0 unspecified atom stereocenters. The molecule has 0 radical (unpaired) electrons. The minimum atomic E-state index is -1.15. The van der Waals surface area contributed by atoms with Crippen LogP contribution < -0.4 is 0 Å². The molecular formula is C31H56O4. The predicted octanol–water partition coefficient (Wildman–Crippen LogP) is 8.94. The molecule has 204 valence electrons. The molecule has 0 fully saturated rings. The maximum atomic E-state index is 12.8. The van der Waals surface area contributed by atoms with Gasteiger partial charge in [0.2, 0.25) is 0 Å². The van der Waals surface area contributed by atoms with Gasteiger partial charge in [0.05, 0.1) is 13.2 Å². The average Bonchev–Trinajstić information content (AvgIpc) is 2.87. The summed E-state index contributed by atoms with van der Waals surface area (Å²) in [5, 5.41) is 0. The molecule has 0 aromatic carbocycles. The molecule has 0 spiro atoms. The third-order valence-corrected chi connectivity index (χ3v) is 6.95. The van der Waals surface area contributed by atoms with E-state index < -0.39 is 17.4 Å². The Bertz CT molecular complexity index is 568. The highest BCUT2D eigenvalue weighted by Gasteiger charge is 2.45. The van der Waals surface area contributed by atoms with E-state index in [0.717, 1.165) is 44.9 Å². The Labute approximate surface area is 217 Å². The van der Waals surface area contributed by atoms with E-state index in [-0.39, 0.29) is 0 Å². The van der Waals surface area contributed by atoms with E-state index in [0.29, 0.717) is 26.1 Å². The largest absolute Gasteiger partial charge is 0.465 e. The van der Waals surface area contributed by atoms with Gasteiger partial charge in [-0.15, -0.1) is 11.8 Å². The lowest BCUT2D eigenvalue weighted by atomic mass is 9.82. The zero-order valence-electron chi connectivity index (χ0n) is 23.7. The lowest BCUT2D eigenvalue weighted by molar-refractivity contribution is -0.173. The van der Waals surface area contributed by atoms with Crippen LogP contribution in [0.15, 0.2) is 0 Å². The van der Waals surface area contributed by atoms with Crippen LogP contribution >= 0.6 is 0 Å². The van der Waals surface area contributed by atoms with Crippen molar-refractivity contribution in [3.8, 4) is 11.8 Å². The lowest BCUT2D eigenvalue weighted by Gasteiger charge is -2.27. The van der Waals surface area contributed by atoms with Crippen molar-refractivity contribution in [3.05, 3.63) is 0 Å². The van der Waals surface area contributed by atoms with E-state index in [2.05, 4.69) is 25.7 Å². The minimum Gasteiger partial charge on any atom is -0.465 e. The zero-order chi connectivity index (χ0) is 26.0. The first kappa shape index (κ1) is 33.5. The van der Waals surface area contributed by atoms with E-state index in [1.54, 1.807) is 0 Å². The molecule has 0 bridgehead atoms. The van der Waals surface area contributed by atoms with Gasteiger partial charge in [0, 0.05) is 12.8 Å². The topological polar surface area (TPSA) is 52.6 Å². The second kappa shape index (κ2) is 24.2. The summed E-state index contributed by atoms with van der Waals surface area (Å²) in [6.45, 7) is 8.85. The molecule has 0 aliphatic heterocycles. The Morgan fingerprint density at radius 3 is 1.34 bits per heavy atom. The molecule has 0 atom stereocenters. The van der Waals surface area contributed by atoms with Crippen molar-refractivity contribution in [2.24, 2.45) is 5.41 Å². The summed E-state index contributed by atoms with van der Waals surface area (Å²) in [5.74, 6) is 5.47. The number of rotatable bonds is 23. The van der Waals surface area contributed by atoms with Gasteiger partial charge in [0.25, 0.3) is 0 Å². The van der Waals surface area contributed by atoms with E-state index in [9.17, 15) is 9.59 Å². The number of hydrogen-bond acceptors (Lipinski definition) is 4. The number of carbonyl (C=O) groups is 2. The van der Waals surface area contributed by atoms with Crippen LogP contribution in [0.5, 0.6) is 0 Å². The number of hydrogen-bond donors (Lipinski definition) is 0. The fraction of sp³-hybridized carbons (Fsp3) is 0.871. The smallest absolute Gasteiger partial charge is 0.323 e. The summed E-state index contributed by atoms with van der Waals surface area (Å²) in [6.07, 6.45) is 21.8. The summed E-state index contributed by atoms with van der Waals surface area (Å²) < 4.78 is 11.1. The summed E-state index contributed by atoms with van der Waals surface area (Å²) in [5.41, 5.74) is -1.15. The van der Waals surface area contributed by atoms with Crippen LogP contribution in [-0.2, 0) is 19.1 Å². The molecule has 0 aliphatic carbocycles. The Kier molecular flexibility index (Phi) is 23.2. The molecule has 0 heterocycles. The molecule has 0 N–H and O–H groups in total. The van der Waals surface area contributed by atoms with Crippen molar-refractivity contribution in [2.75, 3.05) is 13.2 Å². The van der Waals surface area contributed by atoms with Gasteiger partial charge in [-0.3, -0.25) is 9.59 Å². The monoisotopic (exact) mass is 492 g/mol. The molecule has 0 aliphatic rings. The summed E-state index contributed by atoms with van der Waals surface area (Å²) in [4.78, 5) is 25.6. The maximum absolute atomic E-state index is 12.8. The van der Waals surface area contributed by atoms with Crippen molar-refractivity contribution in [1.82, 2.24) is 0 Å². The highest BCUT2D eigenvalue weighted by atomic mass is 16.6. The molecule has 0 saturated heterocycles. The first-order chi connectivity index (χ1) is 17.1. The molecule has 4 nitrogen and oxygen atoms in total. The van der Waals surface area contributed by atoms with Crippen molar-refractivity contribution in [2.45, 2.75) is 156 Å². The number of carbonyl (C=O) groups excluding carboxylic acids is 2. The van der Waals surface area contributed by atoms with E-state index >= 15 is 0 Å². The van der Waals surface area contributed by atoms with Gasteiger partial charge >= 0.3 is 11.9 Å². The molecule has 0 saturated carbocycles. The van der Waals surface area contributed by atoms with Crippen LogP contribution in [0.3, 0.4) is 0 Å². The quantitative estimate of drug-likeness (QED) is 0.0618. The van der Waals surface area contributed by atoms with Crippen molar-refractivity contribution in [1.29, 1.82) is 0 Å². The number of ether oxygens (including phenoxy) is 2. The van der Waals surface area contributed by atoms with Crippen LogP contribution in [0.25, 0.3) is 0 Å². The first-order valence-electron chi connectivity index (χ1n) is 14.9. The molecule has 35 heavy (non-hydrogen) atoms. The summed E-state index contributed by atoms with van der Waals surface area (Å²) >= 11 is 0. The highest BCUT2D eigenvalue weighted by molar-refractivity contribution is 5.99. The first-order valence-corrected chi connectivity index (χ1v) is 14.9. The van der Waals surface area contributed by atoms with E-state index in [1.807, 2.05) is 13.8 Å². The van der Waals surface area contributed by atoms with Gasteiger partial charge in [-0.05, 0) is 32.1 Å². The van der Waals surface area contributed by atoms with Crippen LogP contribution in [0, 0.1) is 17.3 Å². The minimum absolute atomic E-state index is 0.383. The van der Waals surface area contributed by atoms with Crippen LogP contribution in [-0.4, -0.2) is 25.2 Å². The van der Waals surface area contributed by atoms with Crippen LogP contribution in [0.4, 0.5) is 0 Å². The van der Waals surface area contributed by atoms with Crippen molar-refractivity contribution >= 4 is 11.9 Å². The number of esters is 2. The SMILES string of the molecule is CCC#CCCCCCCCCOC(=O)C(CC)(CC)C(=O)OCCCCCCCCCCCC. The second-order valence-corrected chi connectivity index (χ2v) is 9.82. The van der Waals surface area contributed by atoms with Crippen LogP contribution in [0.1, 0.15) is 156 Å². The van der Waals surface area contributed by atoms with Gasteiger partial charge in [-0.2, -0.15) is 0 Å².